The van der Waals surface area contributed by atoms with E-state index >= 15 is 0 Å². The number of nitro groups is 1. The minimum Gasteiger partial charge on any atom is -0.409 e. The van der Waals surface area contributed by atoms with Crippen LogP contribution in [0.3, 0.4) is 0 Å². The first kappa shape index (κ1) is 13.7. The molecule has 0 aliphatic rings. The second-order valence-corrected chi connectivity index (χ2v) is 4.55. The van der Waals surface area contributed by atoms with Crippen molar-refractivity contribution in [3.05, 3.63) is 52.5 Å². The lowest BCUT2D eigenvalue weighted by Gasteiger charge is -2.05. The van der Waals surface area contributed by atoms with E-state index in [1.165, 1.54) is 18.5 Å². The number of hydrogen-bond donors (Lipinski definition) is 2. The molecule has 0 bridgehead atoms. The molecule has 0 amide bonds. The summed E-state index contributed by atoms with van der Waals surface area (Å²) < 4.78 is 0. The standard InChI is InChI=1S/C11H9N5O3S/c12-10(15-17)9-11(14-6-5-13-9)20-8-4-2-1-3-7(8)16(18)19/h1-6,17H,(H2,12,15). The summed E-state index contributed by atoms with van der Waals surface area (Å²) in [4.78, 5) is 18.9. The number of nitro benzene ring substituents is 1. The van der Waals surface area contributed by atoms with E-state index in [9.17, 15) is 10.1 Å². The lowest BCUT2D eigenvalue weighted by molar-refractivity contribution is -0.387. The minimum absolute atomic E-state index is 0.0476. The van der Waals surface area contributed by atoms with Crippen LogP contribution in [0.2, 0.25) is 0 Å². The second kappa shape index (κ2) is 5.97. The monoisotopic (exact) mass is 291 g/mol. The van der Waals surface area contributed by atoms with Gasteiger partial charge in [0.15, 0.2) is 5.84 Å². The van der Waals surface area contributed by atoms with Crippen LogP contribution in [-0.2, 0) is 0 Å². The topological polar surface area (TPSA) is 128 Å². The van der Waals surface area contributed by atoms with Crippen molar-refractivity contribution in [1.29, 1.82) is 0 Å². The summed E-state index contributed by atoms with van der Waals surface area (Å²) in [5.74, 6) is -0.209. The van der Waals surface area contributed by atoms with Crippen molar-refractivity contribution in [2.45, 2.75) is 9.92 Å². The van der Waals surface area contributed by atoms with Crippen LogP contribution in [0.1, 0.15) is 5.69 Å². The Kier molecular flexibility index (Phi) is 4.11. The third-order valence-corrected chi connectivity index (χ3v) is 3.34. The molecule has 0 saturated carbocycles. The molecular weight excluding hydrogens is 282 g/mol. The highest BCUT2D eigenvalue weighted by molar-refractivity contribution is 7.99. The zero-order chi connectivity index (χ0) is 14.5. The highest BCUT2D eigenvalue weighted by atomic mass is 32.2. The van der Waals surface area contributed by atoms with Gasteiger partial charge < -0.3 is 10.9 Å². The van der Waals surface area contributed by atoms with Crippen LogP contribution in [0.15, 0.2) is 51.7 Å². The van der Waals surface area contributed by atoms with E-state index in [0.717, 1.165) is 11.8 Å². The van der Waals surface area contributed by atoms with Crippen molar-refractivity contribution in [2.75, 3.05) is 0 Å². The summed E-state index contributed by atoms with van der Waals surface area (Å²) in [5, 5.41) is 22.8. The van der Waals surface area contributed by atoms with Gasteiger partial charge in [-0.3, -0.25) is 10.1 Å². The molecule has 1 aromatic heterocycles. The number of oxime groups is 1. The number of para-hydroxylation sites is 1. The maximum absolute atomic E-state index is 11.0. The Hall–Kier alpha value is -2.68. The third-order valence-electron chi connectivity index (χ3n) is 2.28. The summed E-state index contributed by atoms with van der Waals surface area (Å²) in [7, 11) is 0. The molecule has 0 aliphatic heterocycles. The van der Waals surface area contributed by atoms with E-state index in [1.54, 1.807) is 18.2 Å². The molecule has 2 rings (SSSR count). The Balaban J connectivity index is 2.44. The van der Waals surface area contributed by atoms with Crippen LogP contribution in [0.4, 0.5) is 5.69 Å². The van der Waals surface area contributed by atoms with Crippen molar-refractivity contribution in [3.8, 4) is 0 Å². The molecule has 3 N–H and O–H groups in total. The van der Waals surface area contributed by atoms with Gasteiger partial charge in [-0.1, -0.05) is 29.1 Å². The van der Waals surface area contributed by atoms with E-state index in [1.807, 2.05) is 0 Å². The Morgan fingerprint density at radius 2 is 2.05 bits per heavy atom. The van der Waals surface area contributed by atoms with E-state index in [4.69, 9.17) is 10.9 Å². The number of rotatable bonds is 4. The van der Waals surface area contributed by atoms with Gasteiger partial charge in [-0.15, -0.1) is 0 Å². The Labute approximate surface area is 117 Å². The molecule has 0 unspecified atom stereocenters. The SMILES string of the molecule is NC(=NO)c1nccnc1Sc1ccccc1[N+](=O)[O-]. The van der Waals surface area contributed by atoms with E-state index in [2.05, 4.69) is 15.1 Å². The zero-order valence-electron chi connectivity index (χ0n) is 10.0. The maximum atomic E-state index is 11.0. The normalized spacial score (nSPS) is 11.3. The molecule has 20 heavy (non-hydrogen) atoms. The minimum atomic E-state index is -0.484. The van der Waals surface area contributed by atoms with Gasteiger partial charge in [0, 0.05) is 18.5 Å². The average molecular weight is 291 g/mol. The van der Waals surface area contributed by atoms with Crippen LogP contribution in [0.5, 0.6) is 0 Å². The van der Waals surface area contributed by atoms with Gasteiger partial charge in [0.2, 0.25) is 0 Å². The fourth-order valence-electron chi connectivity index (χ4n) is 1.42. The first-order valence-electron chi connectivity index (χ1n) is 5.33. The summed E-state index contributed by atoms with van der Waals surface area (Å²) >= 11 is 1.03. The number of hydrogen-bond acceptors (Lipinski definition) is 7. The molecule has 0 spiro atoms. The molecule has 0 aliphatic carbocycles. The van der Waals surface area contributed by atoms with Crippen molar-refractivity contribution >= 4 is 23.3 Å². The summed E-state index contributed by atoms with van der Waals surface area (Å²) in [5.41, 5.74) is 5.61. The first-order chi connectivity index (χ1) is 9.63. The second-order valence-electron chi connectivity index (χ2n) is 3.52. The Bertz CT molecular complexity index is 677. The molecule has 0 fully saturated rings. The van der Waals surface area contributed by atoms with Crippen molar-refractivity contribution < 1.29 is 10.1 Å². The van der Waals surface area contributed by atoms with Gasteiger partial charge >= 0.3 is 0 Å². The van der Waals surface area contributed by atoms with Crippen LogP contribution >= 0.6 is 11.8 Å². The maximum Gasteiger partial charge on any atom is 0.283 e. The quantitative estimate of drug-likeness (QED) is 0.288. The molecule has 102 valence electrons. The molecular formula is C11H9N5O3S. The summed E-state index contributed by atoms with van der Waals surface area (Å²) in [6, 6.07) is 6.23. The largest absolute Gasteiger partial charge is 0.409 e. The Morgan fingerprint density at radius 3 is 2.75 bits per heavy atom. The molecule has 8 nitrogen and oxygen atoms in total. The van der Waals surface area contributed by atoms with Crippen LogP contribution in [0.25, 0.3) is 0 Å². The van der Waals surface area contributed by atoms with Crippen molar-refractivity contribution in [3.63, 3.8) is 0 Å². The molecule has 0 radical (unpaired) electrons. The van der Waals surface area contributed by atoms with E-state index in [0.29, 0.717) is 9.92 Å². The zero-order valence-corrected chi connectivity index (χ0v) is 10.8. The first-order valence-corrected chi connectivity index (χ1v) is 6.15. The predicted molar refractivity (Wildman–Crippen MR) is 71.8 cm³/mol. The summed E-state index contributed by atoms with van der Waals surface area (Å²) in [6.45, 7) is 0. The van der Waals surface area contributed by atoms with Crippen molar-refractivity contribution in [2.24, 2.45) is 10.9 Å². The van der Waals surface area contributed by atoms with Gasteiger partial charge in [-0.05, 0) is 6.07 Å². The molecule has 1 aromatic carbocycles. The lowest BCUT2D eigenvalue weighted by Crippen LogP contribution is -2.16. The van der Waals surface area contributed by atoms with Crippen LogP contribution < -0.4 is 5.73 Å². The van der Waals surface area contributed by atoms with Gasteiger partial charge in [-0.25, -0.2) is 9.97 Å². The van der Waals surface area contributed by atoms with E-state index in [-0.39, 0.29) is 17.2 Å². The smallest absolute Gasteiger partial charge is 0.283 e. The average Bonchev–Trinajstić information content (AvgIpc) is 2.47. The van der Waals surface area contributed by atoms with E-state index < -0.39 is 4.92 Å². The highest BCUT2D eigenvalue weighted by Crippen LogP contribution is 2.34. The number of aromatic nitrogens is 2. The number of benzene rings is 1. The van der Waals surface area contributed by atoms with Gasteiger partial charge in [-0.2, -0.15) is 0 Å². The third kappa shape index (κ3) is 2.83. The molecule has 2 aromatic rings. The lowest BCUT2D eigenvalue weighted by atomic mass is 10.3. The van der Waals surface area contributed by atoms with Crippen LogP contribution in [0, 0.1) is 10.1 Å². The predicted octanol–water partition coefficient (Wildman–Crippen LogP) is 1.63. The van der Waals surface area contributed by atoms with Gasteiger partial charge in [0.05, 0.1) is 9.82 Å². The van der Waals surface area contributed by atoms with Gasteiger partial charge in [0.1, 0.15) is 10.7 Å². The molecule has 0 atom stereocenters. The molecule has 0 saturated heterocycles. The summed E-state index contributed by atoms with van der Waals surface area (Å²) in [6.07, 6.45) is 2.81. The highest BCUT2D eigenvalue weighted by Gasteiger charge is 2.17. The Morgan fingerprint density at radius 1 is 1.35 bits per heavy atom. The number of nitrogens with two attached hydrogens (primary N) is 1. The van der Waals surface area contributed by atoms with Crippen LogP contribution in [-0.4, -0.2) is 25.9 Å². The molecule has 1 heterocycles. The van der Waals surface area contributed by atoms with Crippen molar-refractivity contribution in [1.82, 2.24) is 9.97 Å². The number of nitrogens with zero attached hydrogens (tertiary/aromatic N) is 4. The fourth-order valence-corrected chi connectivity index (χ4v) is 2.39. The number of amidine groups is 1. The fraction of sp³-hybridized carbons (Fsp3) is 0. The molecule has 9 heteroatoms. The van der Waals surface area contributed by atoms with Gasteiger partial charge in [0.25, 0.3) is 5.69 Å².